The summed E-state index contributed by atoms with van der Waals surface area (Å²) < 4.78 is 0. The van der Waals surface area contributed by atoms with Crippen molar-refractivity contribution in [2.45, 2.75) is 51.0 Å². The van der Waals surface area contributed by atoms with Gasteiger partial charge in [0.05, 0.1) is 0 Å². The summed E-state index contributed by atoms with van der Waals surface area (Å²) in [4.78, 5) is 11.9. The molecule has 0 bridgehead atoms. The largest absolute Gasteiger partial charge is 0.504 e. The maximum atomic E-state index is 11.9. The number of carbonyl (C=O) groups is 1. The highest BCUT2D eigenvalue weighted by Crippen LogP contribution is 2.35. The molecule has 0 saturated heterocycles. The van der Waals surface area contributed by atoms with Gasteiger partial charge in [-0.05, 0) is 44.4 Å². The van der Waals surface area contributed by atoms with E-state index in [4.69, 9.17) is 0 Å². The summed E-state index contributed by atoms with van der Waals surface area (Å²) in [6.45, 7) is 3.37. The van der Waals surface area contributed by atoms with Crippen LogP contribution in [0.2, 0.25) is 0 Å². The van der Waals surface area contributed by atoms with Crippen molar-refractivity contribution in [3.05, 3.63) is 17.7 Å². The van der Waals surface area contributed by atoms with Gasteiger partial charge in [0.1, 0.15) is 0 Å². The first-order valence-electron chi connectivity index (χ1n) is 9.55. The number of hydrogen-bond acceptors (Lipinski definition) is 6. The van der Waals surface area contributed by atoms with Gasteiger partial charge in [-0.15, -0.1) is 0 Å². The van der Waals surface area contributed by atoms with Crippen LogP contribution in [0.15, 0.2) is 12.1 Å². The van der Waals surface area contributed by atoms with Gasteiger partial charge in [0.25, 0.3) is 5.91 Å². The molecule has 1 aromatic rings. The number of rotatable bonds is 10. The van der Waals surface area contributed by atoms with Crippen molar-refractivity contribution in [1.82, 2.24) is 16.0 Å². The number of hydrogen-bond donors (Lipinski definition) is 6. The lowest BCUT2D eigenvalue weighted by molar-refractivity contribution is 0.0952. The zero-order valence-electron chi connectivity index (χ0n) is 15.3. The molecule has 146 valence electrons. The van der Waals surface area contributed by atoms with E-state index < -0.39 is 17.2 Å². The molecule has 0 aliphatic heterocycles. The van der Waals surface area contributed by atoms with Crippen LogP contribution in [-0.2, 0) is 0 Å². The van der Waals surface area contributed by atoms with E-state index in [0.717, 1.165) is 44.6 Å². The van der Waals surface area contributed by atoms with Crippen molar-refractivity contribution in [3.63, 3.8) is 0 Å². The Balaban J connectivity index is 1.49. The Morgan fingerprint density at radius 2 is 1.58 bits per heavy atom. The third-order valence-electron chi connectivity index (χ3n) is 4.74. The van der Waals surface area contributed by atoms with Gasteiger partial charge in [-0.25, -0.2) is 0 Å². The fourth-order valence-corrected chi connectivity index (χ4v) is 3.21. The van der Waals surface area contributed by atoms with Gasteiger partial charge in [0, 0.05) is 31.2 Å². The predicted molar refractivity (Wildman–Crippen MR) is 101 cm³/mol. The highest BCUT2D eigenvalue weighted by molar-refractivity contribution is 5.95. The lowest BCUT2D eigenvalue weighted by Gasteiger charge is -2.22. The summed E-state index contributed by atoms with van der Waals surface area (Å²) in [6.07, 6.45) is 8.47. The topological polar surface area (TPSA) is 114 Å². The van der Waals surface area contributed by atoms with Gasteiger partial charge in [0.15, 0.2) is 17.2 Å². The fourth-order valence-electron chi connectivity index (χ4n) is 3.21. The molecular weight excluding hydrogens is 334 g/mol. The number of benzene rings is 1. The van der Waals surface area contributed by atoms with E-state index in [2.05, 4.69) is 16.0 Å². The summed E-state index contributed by atoms with van der Waals surface area (Å²) in [6, 6.07) is 2.95. The Kier molecular flexibility index (Phi) is 8.50. The first-order valence-corrected chi connectivity index (χ1v) is 9.55. The lowest BCUT2D eigenvalue weighted by Crippen LogP contribution is -2.36. The first-order chi connectivity index (χ1) is 12.6. The second-order valence-electron chi connectivity index (χ2n) is 6.87. The molecule has 1 amide bonds. The van der Waals surface area contributed by atoms with Crippen molar-refractivity contribution >= 4 is 5.91 Å². The third kappa shape index (κ3) is 6.72. The van der Waals surface area contributed by atoms with Gasteiger partial charge < -0.3 is 31.3 Å². The second-order valence-corrected chi connectivity index (χ2v) is 6.87. The van der Waals surface area contributed by atoms with Gasteiger partial charge in [0.2, 0.25) is 0 Å². The number of aromatic hydroxyl groups is 3. The lowest BCUT2D eigenvalue weighted by atomic mass is 9.95. The van der Waals surface area contributed by atoms with Crippen LogP contribution in [0.1, 0.15) is 55.3 Å². The predicted octanol–water partition coefficient (Wildman–Crippen LogP) is 1.83. The van der Waals surface area contributed by atoms with Crippen molar-refractivity contribution in [3.8, 4) is 17.2 Å². The second kappa shape index (κ2) is 10.9. The summed E-state index contributed by atoms with van der Waals surface area (Å²) in [5.74, 6) is -2.03. The minimum Gasteiger partial charge on any atom is -0.504 e. The molecule has 0 unspecified atom stereocenters. The van der Waals surface area contributed by atoms with Gasteiger partial charge in [-0.3, -0.25) is 4.79 Å². The molecular formula is C19H31N3O4. The maximum Gasteiger partial charge on any atom is 0.251 e. The molecule has 0 atom stereocenters. The van der Waals surface area contributed by atoms with E-state index in [-0.39, 0.29) is 11.5 Å². The molecule has 0 spiro atoms. The monoisotopic (exact) mass is 365 g/mol. The quantitative estimate of drug-likeness (QED) is 0.278. The number of carbonyl (C=O) groups excluding carboxylic acids is 1. The smallest absolute Gasteiger partial charge is 0.251 e. The molecule has 26 heavy (non-hydrogen) atoms. The Hall–Kier alpha value is -1.99. The van der Waals surface area contributed by atoms with E-state index >= 15 is 0 Å². The average molecular weight is 365 g/mol. The van der Waals surface area contributed by atoms with Crippen molar-refractivity contribution in [2.24, 2.45) is 0 Å². The Morgan fingerprint density at radius 3 is 2.27 bits per heavy atom. The fraction of sp³-hybridized carbons (Fsp3) is 0.632. The molecule has 1 saturated carbocycles. The normalized spacial score (nSPS) is 15.1. The van der Waals surface area contributed by atoms with E-state index in [1.807, 2.05) is 0 Å². The van der Waals surface area contributed by atoms with Crippen molar-refractivity contribution < 1.29 is 20.1 Å². The standard InChI is InChI=1S/C19H31N3O4/c23-16-12-14(13-17(24)18(16)25)19(26)22-9-5-4-8-20-10-11-21-15-6-2-1-3-7-15/h12-13,15,20-21,23-25H,1-11H2,(H,22,26). The van der Waals surface area contributed by atoms with Crippen LogP contribution in [0.5, 0.6) is 17.2 Å². The SMILES string of the molecule is O=C(NCCCCNCCNC1CCCCC1)c1cc(O)c(O)c(O)c1. The molecule has 0 aromatic heterocycles. The van der Waals surface area contributed by atoms with E-state index in [9.17, 15) is 20.1 Å². The van der Waals surface area contributed by atoms with Crippen LogP contribution in [0.25, 0.3) is 0 Å². The number of amides is 1. The van der Waals surface area contributed by atoms with Gasteiger partial charge >= 0.3 is 0 Å². The molecule has 0 radical (unpaired) electrons. The van der Waals surface area contributed by atoms with E-state index in [1.165, 1.54) is 32.1 Å². The van der Waals surface area contributed by atoms with Crippen LogP contribution in [0.4, 0.5) is 0 Å². The van der Waals surface area contributed by atoms with Crippen LogP contribution in [0.3, 0.4) is 0 Å². The van der Waals surface area contributed by atoms with E-state index in [1.54, 1.807) is 0 Å². The van der Waals surface area contributed by atoms with Crippen LogP contribution < -0.4 is 16.0 Å². The Morgan fingerprint density at radius 1 is 0.923 bits per heavy atom. The van der Waals surface area contributed by atoms with E-state index in [0.29, 0.717) is 12.6 Å². The molecule has 6 N–H and O–H groups in total. The average Bonchev–Trinajstić information content (AvgIpc) is 2.65. The first kappa shape index (κ1) is 20.3. The van der Waals surface area contributed by atoms with Crippen LogP contribution >= 0.6 is 0 Å². The molecule has 7 nitrogen and oxygen atoms in total. The molecule has 1 aliphatic rings. The van der Waals surface area contributed by atoms with Crippen molar-refractivity contribution in [2.75, 3.05) is 26.2 Å². The molecule has 1 aliphatic carbocycles. The van der Waals surface area contributed by atoms with Gasteiger partial charge in [-0.2, -0.15) is 0 Å². The molecule has 1 aromatic carbocycles. The van der Waals surface area contributed by atoms with Gasteiger partial charge in [-0.1, -0.05) is 19.3 Å². The summed E-state index contributed by atoms with van der Waals surface area (Å²) in [5, 5.41) is 37.8. The summed E-state index contributed by atoms with van der Waals surface area (Å²) in [7, 11) is 0. The summed E-state index contributed by atoms with van der Waals surface area (Å²) >= 11 is 0. The highest BCUT2D eigenvalue weighted by atomic mass is 16.3. The zero-order valence-corrected chi connectivity index (χ0v) is 15.3. The number of unbranched alkanes of at least 4 members (excludes halogenated alkanes) is 1. The zero-order chi connectivity index (χ0) is 18.8. The Bertz CT molecular complexity index is 551. The summed E-state index contributed by atoms with van der Waals surface area (Å²) in [5.41, 5.74) is 0.115. The molecule has 1 fully saturated rings. The minimum absolute atomic E-state index is 0.115. The number of phenolic OH excluding ortho intramolecular Hbond substituents is 3. The van der Waals surface area contributed by atoms with Crippen molar-refractivity contribution in [1.29, 1.82) is 0 Å². The number of nitrogens with one attached hydrogen (secondary N) is 3. The third-order valence-corrected chi connectivity index (χ3v) is 4.74. The molecule has 7 heteroatoms. The molecule has 2 rings (SSSR count). The minimum atomic E-state index is -0.620. The number of phenols is 3. The maximum absolute atomic E-state index is 11.9. The Labute approximate surface area is 154 Å². The molecule has 0 heterocycles. The van der Waals surface area contributed by atoms with Crippen LogP contribution in [-0.4, -0.2) is 53.4 Å². The van der Waals surface area contributed by atoms with Crippen LogP contribution in [0, 0.1) is 0 Å². The highest BCUT2D eigenvalue weighted by Gasteiger charge is 2.13.